The Kier molecular flexibility index (Phi) is 6.12. The van der Waals surface area contributed by atoms with E-state index in [9.17, 15) is 17.2 Å². The molecule has 1 N–H and O–H groups in total. The Morgan fingerprint density at radius 3 is 2.84 bits per heavy atom. The van der Waals surface area contributed by atoms with E-state index < -0.39 is 15.8 Å². The number of benzene rings is 2. The number of hydrogen-bond donors (Lipinski definition) is 1. The number of likely N-dealkylation sites (tertiary alicyclic amines) is 1. The van der Waals surface area contributed by atoms with E-state index in [2.05, 4.69) is 14.9 Å². The Bertz CT molecular complexity index is 1180. The topological polar surface area (TPSA) is 88.3 Å². The maximum absolute atomic E-state index is 13.8. The first kappa shape index (κ1) is 21.5. The molecular formula is C21H22F2N4O3S. The standard InChI is InChI=1S/C21H22F2N4O3S/c1-14-7-8-15(10-19(14)23)21-24-20(30-25-21)13-27-9-3-5-17(12-27)26-31(28,29)18-6-2-4-16(22)11-18/h2,4,6-8,10-11,17,26H,3,5,9,12-13H2,1H3. The van der Waals surface area contributed by atoms with Crippen LogP contribution in [-0.4, -0.2) is 42.6 Å². The number of aryl methyl sites for hydroxylation is 1. The number of halogens is 2. The van der Waals surface area contributed by atoms with E-state index in [4.69, 9.17) is 4.52 Å². The molecule has 1 aliphatic heterocycles. The van der Waals surface area contributed by atoms with Gasteiger partial charge in [0.1, 0.15) is 11.6 Å². The van der Waals surface area contributed by atoms with E-state index in [1.165, 1.54) is 24.3 Å². The van der Waals surface area contributed by atoms with Crippen molar-refractivity contribution in [3.63, 3.8) is 0 Å². The van der Waals surface area contributed by atoms with Crippen molar-refractivity contribution in [2.75, 3.05) is 13.1 Å². The lowest BCUT2D eigenvalue weighted by Crippen LogP contribution is -2.47. The summed E-state index contributed by atoms with van der Waals surface area (Å²) in [5.74, 6) is -0.277. The van der Waals surface area contributed by atoms with Gasteiger partial charge in [-0.05, 0) is 56.1 Å². The predicted octanol–water partition coefficient (Wildman–Crippen LogP) is 3.27. The highest BCUT2D eigenvalue weighted by Gasteiger charge is 2.26. The van der Waals surface area contributed by atoms with E-state index in [0.717, 1.165) is 19.0 Å². The first-order valence-electron chi connectivity index (χ1n) is 9.89. The van der Waals surface area contributed by atoms with Crippen LogP contribution in [0, 0.1) is 18.6 Å². The molecule has 0 aliphatic carbocycles. The zero-order valence-corrected chi connectivity index (χ0v) is 17.7. The molecule has 2 heterocycles. The van der Waals surface area contributed by atoms with Gasteiger partial charge in [0.15, 0.2) is 0 Å². The van der Waals surface area contributed by atoms with Gasteiger partial charge in [-0.1, -0.05) is 23.4 Å². The highest BCUT2D eigenvalue weighted by molar-refractivity contribution is 7.89. The van der Waals surface area contributed by atoms with Gasteiger partial charge in [-0.2, -0.15) is 4.98 Å². The van der Waals surface area contributed by atoms with Gasteiger partial charge in [-0.3, -0.25) is 4.90 Å². The fraction of sp³-hybridized carbons (Fsp3) is 0.333. The van der Waals surface area contributed by atoms with Gasteiger partial charge >= 0.3 is 0 Å². The zero-order valence-electron chi connectivity index (χ0n) is 16.9. The van der Waals surface area contributed by atoms with Gasteiger partial charge < -0.3 is 4.52 Å². The monoisotopic (exact) mass is 448 g/mol. The molecule has 0 bridgehead atoms. The van der Waals surface area contributed by atoms with Crippen LogP contribution in [0.5, 0.6) is 0 Å². The largest absolute Gasteiger partial charge is 0.338 e. The summed E-state index contributed by atoms with van der Waals surface area (Å²) in [6.07, 6.45) is 1.45. The van der Waals surface area contributed by atoms with Gasteiger partial charge in [-0.15, -0.1) is 0 Å². The number of rotatable bonds is 6. The van der Waals surface area contributed by atoms with Crippen LogP contribution < -0.4 is 4.72 Å². The van der Waals surface area contributed by atoms with Crippen molar-refractivity contribution in [3.05, 3.63) is 65.6 Å². The number of nitrogens with zero attached hydrogens (tertiary/aromatic N) is 3. The van der Waals surface area contributed by atoms with Gasteiger partial charge in [0.25, 0.3) is 0 Å². The second-order valence-electron chi connectivity index (χ2n) is 7.63. The Balaban J connectivity index is 1.40. The number of aromatic nitrogens is 2. The Morgan fingerprint density at radius 1 is 1.23 bits per heavy atom. The summed E-state index contributed by atoms with van der Waals surface area (Å²) >= 11 is 0. The van der Waals surface area contributed by atoms with Crippen molar-refractivity contribution in [1.29, 1.82) is 0 Å². The quantitative estimate of drug-likeness (QED) is 0.623. The van der Waals surface area contributed by atoms with Crippen LogP contribution in [0.1, 0.15) is 24.3 Å². The van der Waals surface area contributed by atoms with E-state index in [1.807, 2.05) is 4.90 Å². The smallest absolute Gasteiger partial charge is 0.241 e. The first-order chi connectivity index (χ1) is 14.8. The summed E-state index contributed by atoms with van der Waals surface area (Å²) in [4.78, 5) is 6.24. The fourth-order valence-electron chi connectivity index (χ4n) is 3.58. The molecule has 1 aliphatic rings. The average Bonchev–Trinajstić information content (AvgIpc) is 3.18. The van der Waals surface area contributed by atoms with Crippen molar-refractivity contribution in [3.8, 4) is 11.4 Å². The number of sulfonamides is 1. The molecule has 31 heavy (non-hydrogen) atoms. The van der Waals surface area contributed by atoms with Gasteiger partial charge in [0.2, 0.25) is 21.7 Å². The number of piperidine rings is 1. The van der Waals surface area contributed by atoms with Crippen molar-refractivity contribution in [2.45, 2.75) is 37.2 Å². The number of hydrogen-bond acceptors (Lipinski definition) is 6. The maximum Gasteiger partial charge on any atom is 0.241 e. The van der Waals surface area contributed by atoms with E-state index in [-0.39, 0.29) is 16.8 Å². The molecular weight excluding hydrogens is 426 g/mol. The van der Waals surface area contributed by atoms with Crippen LogP contribution in [-0.2, 0) is 16.6 Å². The third kappa shape index (κ3) is 5.15. The van der Waals surface area contributed by atoms with Gasteiger partial charge in [0.05, 0.1) is 11.4 Å². The lowest BCUT2D eigenvalue weighted by molar-refractivity contribution is 0.173. The second kappa shape index (κ2) is 8.81. The van der Waals surface area contributed by atoms with Gasteiger partial charge in [0, 0.05) is 18.2 Å². The third-order valence-corrected chi connectivity index (χ3v) is 6.71. The zero-order chi connectivity index (χ0) is 22.0. The number of nitrogens with one attached hydrogen (secondary N) is 1. The summed E-state index contributed by atoms with van der Waals surface area (Å²) in [5.41, 5.74) is 1.06. The molecule has 4 rings (SSSR count). The molecule has 0 radical (unpaired) electrons. The summed E-state index contributed by atoms with van der Waals surface area (Å²) in [5, 5.41) is 3.92. The summed E-state index contributed by atoms with van der Waals surface area (Å²) in [6, 6.07) is 9.34. The van der Waals surface area contributed by atoms with Crippen LogP contribution in [0.25, 0.3) is 11.4 Å². The van der Waals surface area contributed by atoms with E-state index in [0.29, 0.717) is 42.4 Å². The molecule has 1 saturated heterocycles. The normalized spacial score (nSPS) is 17.7. The summed E-state index contributed by atoms with van der Waals surface area (Å²) in [7, 11) is -3.82. The maximum atomic E-state index is 13.8. The van der Waals surface area contributed by atoms with Crippen molar-refractivity contribution in [1.82, 2.24) is 19.8 Å². The molecule has 1 unspecified atom stereocenters. The SMILES string of the molecule is Cc1ccc(-c2noc(CN3CCCC(NS(=O)(=O)c4cccc(F)c4)C3)n2)cc1F. The molecule has 1 fully saturated rings. The molecule has 0 amide bonds. The minimum Gasteiger partial charge on any atom is -0.338 e. The molecule has 3 aromatic rings. The van der Waals surface area contributed by atoms with Crippen molar-refractivity contribution < 1.29 is 21.7 Å². The Morgan fingerprint density at radius 2 is 2.06 bits per heavy atom. The van der Waals surface area contributed by atoms with Crippen molar-refractivity contribution in [2.24, 2.45) is 0 Å². The van der Waals surface area contributed by atoms with E-state index in [1.54, 1.807) is 19.1 Å². The molecule has 164 valence electrons. The summed E-state index contributed by atoms with van der Waals surface area (Å²) in [6.45, 7) is 3.22. The fourth-order valence-corrected chi connectivity index (χ4v) is 4.87. The van der Waals surface area contributed by atoms with Crippen LogP contribution in [0.2, 0.25) is 0 Å². The minimum absolute atomic E-state index is 0.100. The molecule has 10 heteroatoms. The van der Waals surface area contributed by atoms with Crippen LogP contribution in [0.3, 0.4) is 0 Å². The lowest BCUT2D eigenvalue weighted by Gasteiger charge is -2.31. The molecule has 0 saturated carbocycles. The van der Waals surface area contributed by atoms with Crippen molar-refractivity contribution >= 4 is 10.0 Å². The average molecular weight is 448 g/mol. The second-order valence-corrected chi connectivity index (χ2v) is 9.34. The molecule has 0 spiro atoms. The first-order valence-corrected chi connectivity index (χ1v) is 11.4. The Labute approximate surface area is 179 Å². The molecule has 1 aromatic heterocycles. The van der Waals surface area contributed by atoms with Crippen LogP contribution in [0.4, 0.5) is 8.78 Å². The van der Waals surface area contributed by atoms with Crippen LogP contribution >= 0.6 is 0 Å². The minimum atomic E-state index is -3.82. The van der Waals surface area contributed by atoms with Gasteiger partial charge in [-0.25, -0.2) is 21.9 Å². The highest BCUT2D eigenvalue weighted by Crippen LogP contribution is 2.21. The highest BCUT2D eigenvalue weighted by atomic mass is 32.2. The molecule has 7 nitrogen and oxygen atoms in total. The lowest BCUT2D eigenvalue weighted by atomic mass is 10.1. The van der Waals surface area contributed by atoms with Crippen LogP contribution in [0.15, 0.2) is 51.9 Å². The molecule has 2 aromatic carbocycles. The van der Waals surface area contributed by atoms with E-state index >= 15 is 0 Å². The molecule has 1 atom stereocenters. The third-order valence-electron chi connectivity index (χ3n) is 5.19. The summed E-state index contributed by atoms with van der Waals surface area (Å²) < 4.78 is 60.3. The predicted molar refractivity (Wildman–Crippen MR) is 109 cm³/mol. The Hall–Kier alpha value is -2.69.